The van der Waals surface area contributed by atoms with Gasteiger partial charge in [0.05, 0.1) is 23.7 Å². The summed E-state index contributed by atoms with van der Waals surface area (Å²) in [6.07, 6.45) is 9.33. The number of hydrogen-bond donors (Lipinski definition) is 2. The molecule has 3 aromatic heterocycles. The molecule has 1 aliphatic carbocycles. The molecule has 2 N–H and O–H groups in total. The summed E-state index contributed by atoms with van der Waals surface area (Å²) in [5, 5.41) is 19.1. The number of aryl methyl sites for hydroxylation is 1. The average molecular weight is 438 g/mol. The number of aromatic nitrogens is 4. The minimum Gasteiger partial charge on any atom is -0.476 e. The summed E-state index contributed by atoms with van der Waals surface area (Å²) in [7, 11) is 0. The molecule has 4 heterocycles. The Morgan fingerprint density at radius 3 is 2.91 bits per heavy atom. The molecule has 1 atom stereocenters. The van der Waals surface area contributed by atoms with E-state index in [0.717, 1.165) is 44.4 Å². The largest absolute Gasteiger partial charge is 0.476 e. The zero-order valence-corrected chi connectivity index (χ0v) is 17.6. The van der Waals surface area contributed by atoms with Gasteiger partial charge in [0.1, 0.15) is 11.5 Å². The van der Waals surface area contributed by atoms with Crippen LogP contribution in [0.5, 0.6) is 0 Å². The van der Waals surface area contributed by atoms with E-state index in [1.54, 1.807) is 6.20 Å². The smallest absolute Gasteiger partial charge is 0.356 e. The lowest BCUT2D eigenvalue weighted by molar-refractivity contribution is 0.0690. The van der Waals surface area contributed by atoms with Crippen molar-refractivity contribution in [3.05, 3.63) is 94.0 Å². The van der Waals surface area contributed by atoms with Crippen LogP contribution >= 0.6 is 0 Å². The number of carbonyl (C=O) groups is 1. The summed E-state index contributed by atoms with van der Waals surface area (Å²) >= 11 is 0. The third kappa shape index (κ3) is 3.05. The summed E-state index contributed by atoms with van der Waals surface area (Å²) in [5.74, 6) is -0.379. The van der Waals surface area contributed by atoms with Crippen LogP contribution < -0.4 is 16.1 Å². The summed E-state index contributed by atoms with van der Waals surface area (Å²) < 4.78 is 7.65. The van der Waals surface area contributed by atoms with E-state index >= 15 is 0 Å². The zero-order valence-electron chi connectivity index (χ0n) is 17.6. The molecule has 9 nitrogen and oxygen atoms in total. The lowest BCUT2D eigenvalue weighted by Gasteiger charge is -2.14. The van der Waals surface area contributed by atoms with Crippen molar-refractivity contribution >= 4 is 17.6 Å². The molecule has 0 saturated carbocycles. The predicted molar refractivity (Wildman–Crippen MR) is 118 cm³/mol. The number of fused-ring (bicyclic) bond motifs is 3. The molecule has 1 aromatic carbocycles. The zero-order chi connectivity index (χ0) is 22.5. The van der Waals surface area contributed by atoms with E-state index in [2.05, 4.69) is 36.4 Å². The lowest BCUT2D eigenvalue weighted by atomic mass is 10.0. The van der Waals surface area contributed by atoms with E-state index in [9.17, 15) is 9.90 Å². The van der Waals surface area contributed by atoms with Crippen molar-refractivity contribution in [3.8, 4) is 11.3 Å². The summed E-state index contributed by atoms with van der Waals surface area (Å²) in [6.45, 7) is 1.90. The van der Waals surface area contributed by atoms with Crippen LogP contribution in [0.2, 0.25) is 0 Å². The maximum Gasteiger partial charge on any atom is 0.356 e. The molecule has 1 aliphatic heterocycles. The maximum atomic E-state index is 11.3. The first-order valence-corrected chi connectivity index (χ1v) is 10.4. The number of carboxylic acid groups (broad SMARTS) is 1. The number of benzene rings is 1. The molecule has 4 aromatic rings. The van der Waals surface area contributed by atoms with Gasteiger partial charge in [-0.25, -0.2) is 9.78 Å². The minimum absolute atomic E-state index is 0.0856. The van der Waals surface area contributed by atoms with Crippen LogP contribution in [0.3, 0.4) is 0 Å². The highest BCUT2D eigenvalue weighted by Gasteiger charge is 2.29. The van der Waals surface area contributed by atoms with E-state index in [4.69, 9.17) is 4.52 Å². The Morgan fingerprint density at radius 1 is 1.24 bits per heavy atom. The maximum absolute atomic E-state index is 11.3. The van der Waals surface area contributed by atoms with E-state index < -0.39 is 5.97 Å². The molecule has 6 rings (SSSR count). The van der Waals surface area contributed by atoms with Crippen LogP contribution in [0.4, 0.5) is 0 Å². The summed E-state index contributed by atoms with van der Waals surface area (Å²) in [4.78, 5) is 19.5. The second-order valence-corrected chi connectivity index (χ2v) is 7.91. The molecule has 0 amide bonds. The van der Waals surface area contributed by atoms with E-state index in [-0.39, 0.29) is 11.9 Å². The van der Waals surface area contributed by atoms with Crippen LogP contribution in [-0.2, 0) is 6.42 Å². The average Bonchev–Trinajstić information content (AvgIpc) is 3.52. The number of carboxylic acids is 1. The molecular formula is C24H18N6O3. The van der Waals surface area contributed by atoms with Gasteiger partial charge in [-0.1, -0.05) is 41.6 Å². The summed E-state index contributed by atoms with van der Waals surface area (Å²) in [5.41, 5.74) is 9.09. The molecular weight excluding hydrogens is 420 g/mol. The van der Waals surface area contributed by atoms with Gasteiger partial charge in [0.15, 0.2) is 17.3 Å². The molecule has 2 aliphatic rings. The van der Waals surface area contributed by atoms with Crippen LogP contribution in [0.1, 0.15) is 39.2 Å². The highest BCUT2D eigenvalue weighted by molar-refractivity contribution is 5.90. The van der Waals surface area contributed by atoms with Gasteiger partial charge >= 0.3 is 5.97 Å². The fourth-order valence-electron chi connectivity index (χ4n) is 4.33. The van der Waals surface area contributed by atoms with Crippen LogP contribution in [-0.4, -0.2) is 30.8 Å². The molecule has 33 heavy (non-hydrogen) atoms. The van der Waals surface area contributed by atoms with Crippen molar-refractivity contribution < 1.29 is 14.4 Å². The molecule has 9 heteroatoms. The number of nitrogens with zero attached hydrogens (tertiary/aromatic N) is 5. The lowest BCUT2D eigenvalue weighted by Crippen LogP contribution is -2.30. The van der Waals surface area contributed by atoms with Gasteiger partial charge < -0.3 is 14.2 Å². The fraction of sp³-hybridized carbons (Fsp3) is 0.125. The Bertz CT molecular complexity index is 1570. The van der Waals surface area contributed by atoms with E-state index in [0.29, 0.717) is 12.1 Å². The van der Waals surface area contributed by atoms with E-state index in [1.165, 1.54) is 6.20 Å². The first-order valence-electron chi connectivity index (χ1n) is 10.4. The van der Waals surface area contributed by atoms with Gasteiger partial charge in [-0.05, 0) is 30.6 Å². The van der Waals surface area contributed by atoms with Crippen LogP contribution in [0.25, 0.3) is 22.9 Å². The minimum atomic E-state index is -1.11. The highest BCUT2D eigenvalue weighted by atomic mass is 16.5. The molecule has 0 saturated heterocycles. The number of allylic oxidation sites excluding steroid dienone is 2. The first-order chi connectivity index (χ1) is 16.1. The fourth-order valence-corrected chi connectivity index (χ4v) is 4.33. The van der Waals surface area contributed by atoms with Gasteiger partial charge in [-0.3, -0.25) is 10.4 Å². The van der Waals surface area contributed by atoms with Crippen molar-refractivity contribution in [3.63, 3.8) is 0 Å². The Labute approximate surface area is 187 Å². The van der Waals surface area contributed by atoms with Crippen molar-refractivity contribution in [2.75, 3.05) is 0 Å². The van der Waals surface area contributed by atoms with Crippen molar-refractivity contribution in [1.29, 1.82) is 0 Å². The Hall–Kier alpha value is -4.53. The number of nitrogens with one attached hydrogen (secondary N) is 1. The molecule has 0 bridgehead atoms. The SMILES string of the molecule is Cc1onc(-c2ccccc2)c1C1NN=c2c3c(cn21)CC=C(c1cncc(C(=O)O)n1)C=3. The molecule has 0 spiro atoms. The number of aromatic carboxylic acids is 1. The third-order valence-corrected chi connectivity index (χ3v) is 5.92. The third-order valence-electron chi connectivity index (χ3n) is 5.92. The molecule has 0 radical (unpaired) electrons. The molecule has 162 valence electrons. The Balaban J connectivity index is 1.43. The monoisotopic (exact) mass is 438 g/mol. The molecule has 1 unspecified atom stereocenters. The topological polar surface area (TPSA) is 118 Å². The number of hydrogen-bond acceptors (Lipinski definition) is 7. The first kappa shape index (κ1) is 19.2. The Morgan fingerprint density at radius 2 is 2.09 bits per heavy atom. The van der Waals surface area contributed by atoms with Crippen molar-refractivity contribution in [2.45, 2.75) is 19.5 Å². The number of rotatable bonds is 4. The predicted octanol–water partition coefficient (Wildman–Crippen LogP) is 2.04. The quantitative estimate of drug-likeness (QED) is 0.501. The van der Waals surface area contributed by atoms with Crippen LogP contribution in [0.15, 0.2) is 64.6 Å². The van der Waals surface area contributed by atoms with Gasteiger partial charge in [0.25, 0.3) is 0 Å². The van der Waals surface area contributed by atoms with Gasteiger partial charge in [0, 0.05) is 17.0 Å². The van der Waals surface area contributed by atoms with Crippen LogP contribution in [0, 0.1) is 6.92 Å². The van der Waals surface area contributed by atoms with Crippen molar-refractivity contribution in [1.82, 2.24) is 25.1 Å². The second kappa shape index (κ2) is 7.27. The van der Waals surface area contributed by atoms with Crippen molar-refractivity contribution in [2.24, 2.45) is 5.10 Å². The van der Waals surface area contributed by atoms with E-state index in [1.807, 2.05) is 49.4 Å². The standard InChI is InChI=1S/C24H18N6O3/c1-13-20(21(29-33-13)14-5-3-2-4-6-14)23-28-27-22-17-9-15(7-8-16(17)12-30(22)23)18-10-25-11-19(26-18)24(31)32/h2-7,9-12,23,28H,8H2,1H3,(H,31,32). The van der Waals surface area contributed by atoms with Gasteiger partial charge in [-0.2, -0.15) is 5.10 Å². The molecule has 0 fully saturated rings. The van der Waals surface area contributed by atoms with Gasteiger partial charge in [-0.15, -0.1) is 0 Å². The summed E-state index contributed by atoms with van der Waals surface area (Å²) in [6, 6.07) is 9.92. The Kier molecular flexibility index (Phi) is 4.22. The second-order valence-electron chi connectivity index (χ2n) is 7.91. The van der Waals surface area contributed by atoms with Gasteiger partial charge in [0.2, 0.25) is 0 Å². The highest BCUT2D eigenvalue weighted by Crippen LogP contribution is 2.31. The normalized spacial score (nSPS) is 16.2.